The predicted molar refractivity (Wildman–Crippen MR) is 140 cm³/mol. The molecule has 1 fully saturated rings. The molecular formula is C26H28ClN3O5S. The molecule has 3 aromatic rings. The summed E-state index contributed by atoms with van der Waals surface area (Å²) in [4.78, 5) is 12.7. The van der Waals surface area contributed by atoms with Crippen LogP contribution in [0.15, 0.2) is 53.6 Å². The average molecular weight is 530 g/mol. The highest BCUT2D eigenvalue weighted by atomic mass is 35.5. The molecule has 0 radical (unpaired) electrons. The number of benzene rings is 2. The Morgan fingerprint density at radius 1 is 1.11 bits per heavy atom. The van der Waals surface area contributed by atoms with Gasteiger partial charge in [-0.05, 0) is 75.1 Å². The Bertz CT molecular complexity index is 1460. The highest BCUT2D eigenvalue weighted by molar-refractivity contribution is 7.90. The first-order chi connectivity index (χ1) is 17.2. The van der Waals surface area contributed by atoms with E-state index in [0.717, 1.165) is 73.5 Å². The van der Waals surface area contributed by atoms with Crippen molar-refractivity contribution in [3.63, 3.8) is 0 Å². The fourth-order valence-corrected chi connectivity index (χ4v) is 6.58. The molecule has 0 saturated heterocycles. The minimum atomic E-state index is -4.13. The number of halogens is 1. The zero-order valence-corrected chi connectivity index (χ0v) is 21.6. The third kappa shape index (κ3) is 4.75. The van der Waals surface area contributed by atoms with Crippen molar-refractivity contribution in [2.24, 2.45) is 0 Å². The van der Waals surface area contributed by atoms with Crippen LogP contribution in [0.5, 0.6) is 5.75 Å². The maximum Gasteiger partial charge on any atom is 0.289 e. The molecule has 190 valence electrons. The van der Waals surface area contributed by atoms with Crippen LogP contribution in [0, 0.1) is 10.1 Å². The molecule has 2 aliphatic rings. The van der Waals surface area contributed by atoms with Crippen molar-refractivity contribution in [1.82, 2.24) is 8.87 Å². The van der Waals surface area contributed by atoms with Gasteiger partial charge in [-0.15, -0.1) is 0 Å². The Balaban J connectivity index is 1.63. The van der Waals surface area contributed by atoms with E-state index in [-0.39, 0.29) is 16.0 Å². The molecule has 1 aliphatic heterocycles. The Kier molecular flexibility index (Phi) is 6.80. The van der Waals surface area contributed by atoms with Crippen LogP contribution in [0.2, 0.25) is 5.02 Å². The van der Waals surface area contributed by atoms with Gasteiger partial charge in [0.05, 0.1) is 21.4 Å². The van der Waals surface area contributed by atoms with Gasteiger partial charge in [-0.1, -0.05) is 24.1 Å². The summed E-state index contributed by atoms with van der Waals surface area (Å²) in [7, 11) is -2.09. The van der Waals surface area contributed by atoms with Gasteiger partial charge in [0.2, 0.25) is 0 Å². The second kappa shape index (κ2) is 9.88. The van der Waals surface area contributed by atoms with Gasteiger partial charge < -0.3 is 9.64 Å². The summed E-state index contributed by atoms with van der Waals surface area (Å²) in [6.45, 7) is 1.64. The summed E-state index contributed by atoms with van der Waals surface area (Å²) in [5.74, 6) is 0.724. The number of hydrogen-bond acceptors (Lipinski definition) is 6. The monoisotopic (exact) mass is 529 g/mol. The summed E-state index contributed by atoms with van der Waals surface area (Å²) < 4.78 is 34.9. The normalized spacial score (nSPS) is 17.8. The molecule has 1 saturated carbocycles. The largest absolute Gasteiger partial charge is 0.490 e. The van der Waals surface area contributed by atoms with E-state index in [1.165, 1.54) is 22.5 Å². The number of ether oxygens (including phenoxy) is 1. The smallest absolute Gasteiger partial charge is 0.289 e. The van der Waals surface area contributed by atoms with E-state index in [1.807, 2.05) is 13.1 Å². The van der Waals surface area contributed by atoms with Gasteiger partial charge in [0.1, 0.15) is 10.8 Å². The van der Waals surface area contributed by atoms with E-state index in [2.05, 4.69) is 11.0 Å². The second-order valence-corrected chi connectivity index (χ2v) is 11.7. The molecule has 2 heterocycles. The molecule has 0 atom stereocenters. The van der Waals surface area contributed by atoms with Crippen LogP contribution in [0.1, 0.15) is 44.1 Å². The summed E-state index contributed by atoms with van der Waals surface area (Å²) in [6.07, 6.45) is 10.3. The summed E-state index contributed by atoms with van der Waals surface area (Å²) >= 11 is 5.93. The molecule has 8 nitrogen and oxygen atoms in total. The van der Waals surface area contributed by atoms with Crippen molar-refractivity contribution in [2.75, 3.05) is 20.1 Å². The molecule has 1 aromatic heterocycles. The third-order valence-electron chi connectivity index (χ3n) is 7.03. The van der Waals surface area contributed by atoms with Crippen LogP contribution in [-0.2, 0) is 10.0 Å². The van der Waals surface area contributed by atoms with Crippen LogP contribution >= 0.6 is 11.6 Å². The molecule has 0 bridgehead atoms. The molecule has 5 rings (SSSR count). The number of likely N-dealkylation sites (N-methyl/N-ethyl adjacent to an activating group) is 1. The number of nitrogens with zero attached hydrogens (tertiary/aromatic N) is 3. The van der Waals surface area contributed by atoms with E-state index in [1.54, 1.807) is 18.3 Å². The third-order valence-corrected chi connectivity index (χ3v) is 9.02. The van der Waals surface area contributed by atoms with Gasteiger partial charge in [0.15, 0.2) is 0 Å². The summed E-state index contributed by atoms with van der Waals surface area (Å²) in [5.41, 5.74) is 1.96. The molecule has 0 unspecified atom stereocenters. The first kappa shape index (κ1) is 24.8. The highest BCUT2D eigenvalue weighted by Gasteiger charge is 2.27. The SMILES string of the molecule is CN1CC=C(c2cn(S(=O)(=O)c3ccc(Cl)c([N+](=O)[O-])c3)c3ccc(OC4CCCCC4)cc23)CC1. The second-order valence-electron chi connectivity index (χ2n) is 9.51. The Morgan fingerprint density at radius 2 is 1.89 bits per heavy atom. The number of aromatic nitrogens is 1. The quantitative estimate of drug-likeness (QED) is 0.293. The maximum atomic E-state index is 13.7. The van der Waals surface area contributed by atoms with Crippen LogP contribution in [0.25, 0.3) is 16.5 Å². The van der Waals surface area contributed by atoms with Crippen molar-refractivity contribution >= 4 is 43.8 Å². The van der Waals surface area contributed by atoms with E-state index in [4.69, 9.17) is 16.3 Å². The minimum absolute atomic E-state index is 0.113. The van der Waals surface area contributed by atoms with Gasteiger partial charge in [0.25, 0.3) is 15.7 Å². The van der Waals surface area contributed by atoms with Crippen LogP contribution in [0.4, 0.5) is 5.69 Å². The lowest BCUT2D eigenvalue weighted by Gasteiger charge is -2.23. The number of nitro groups is 1. The Morgan fingerprint density at radius 3 is 2.58 bits per heavy atom. The lowest BCUT2D eigenvalue weighted by Crippen LogP contribution is -2.23. The summed E-state index contributed by atoms with van der Waals surface area (Å²) in [5, 5.41) is 12.1. The number of nitro benzene ring substituents is 1. The van der Waals surface area contributed by atoms with Gasteiger partial charge in [-0.25, -0.2) is 12.4 Å². The van der Waals surface area contributed by atoms with E-state index in [9.17, 15) is 18.5 Å². The molecule has 0 spiro atoms. The predicted octanol–water partition coefficient (Wildman–Crippen LogP) is 5.87. The van der Waals surface area contributed by atoms with Crippen molar-refractivity contribution < 1.29 is 18.1 Å². The van der Waals surface area contributed by atoms with E-state index in [0.29, 0.717) is 5.52 Å². The minimum Gasteiger partial charge on any atom is -0.490 e. The van der Waals surface area contributed by atoms with E-state index < -0.39 is 20.6 Å². The molecule has 2 aromatic carbocycles. The van der Waals surface area contributed by atoms with Gasteiger partial charge >= 0.3 is 0 Å². The highest BCUT2D eigenvalue weighted by Crippen LogP contribution is 2.37. The number of hydrogen-bond donors (Lipinski definition) is 0. The first-order valence-electron chi connectivity index (χ1n) is 12.1. The molecule has 10 heteroatoms. The van der Waals surface area contributed by atoms with Gasteiger partial charge in [0, 0.05) is 36.3 Å². The Labute approximate surface area is 215 Å². The Hall–Kier alpha value is -2.88. The van der Waals surface area contributed by atoms with Crippen LogP contribution in [-0.4, -0.2) is 48.5 Å². The van der Waals surface area contributed by atoms with Gasteiger partial charge in [-0.3, -0.25) is 10.1 Å². The van der Waals surface area contributed by atoms with E-state index >= 15 is 0 Å². The fourth-order valence-electron chi connectivity index (χ4n) is 5.00. The molecular weight excluding hydrogens is 502 g/mol. The molecule has 0 amide bonds. The topological polar surface area (TPSA) is 94.7 Å². The fraction of sp³-hybridized carbons (Fsp3) is 0.385. The van der Waals surface area contributed by atoms with Crippen molar-refractivity contribution in [3.05, 3.63) is 69.4 Å². The molecule has 0 N–H and O–H groups in total. The van der Waals surface area contributed by atoms with Crippen LogP contribution in [0.3, 0.4) is 0 Å². The maximum absolute atomic E-state index is 13.7. The molecule has 1 aliphatic carbocycles. The molecule has 36 heavy (non-hydrogen) atoms. The number of fused-ring (bicyclic) bond motifs is 1. The lowest BCUT2D eigenvalue weighted by atomic mass is 9.97. The van der Waals surface area contributed by atoms with Crippen molar-refractivity contribution in [2.45, 2.75) is 49.5 Å². The first-order valence-corrected chi connectivity index (χ1v) is 13.9. The number of rotatable bonds is 6. The van der Waals surface area contributed by atoms with Gasteiger partial charge in [-0.2, -0.15) is 0 Å². The van der Waals surface area contributed by atoms with Crippen LogP contribution < -0.4 is 4.74 Å². The van der Waals surface area contributed by atoms with Crippen molar-refractivity contribution in [1.29, 1.82) is 0 Å². The zero-order chi connectivity index (χ0) is 25.4. The summed E-state index contributed by atoms with van der Waals surface area (Å²) in [6, 6.07) is 9.04. The zero-order valence-electron chi connectivity index (χ0n) is 20.0. The van der Waals surface area contributed by atoms with Crippen molar-refractivity contribution in [3.8, 4) is 5.75 Å². The average Bonchev–Trinajstić information content (AvgIpc) is 3.25. The standard InChI is InChI=1S/C26H28ClN3O5S/c1-28-13-11-18(12-14-28)23-17-29(36(33,34)21-8-9-24(27)26(16-21)30(31)32)25-10-7-20(15-22(23)25)35-19-5-3-2-4-6-19/h7-11,15-17,19H,2-6,12-14H2,1H3. The lowest BCUT2D eigenvalue weighted by molar-refractivity contribution is -0.384.